The second-order valence-electron chi connectivity index (χ2n) is 4.37. The average Bonchev–Trinajstić information content (AvgIpc) is 2.92. The van der Waals surface area contributed by atoms with Crippen LogP contribution in [0.3, 0.4) is 0 Å². The molecule has 0 bridgehead atoms. The molecule has 0 aliphatic heterocycles. The number of carbonyl (C=O) groups excluding carboxylic acids is 1. The van der Waals surface area contributed by atoms with E-state index in [0.717, 1.165) is 4.47 Å². The maximum atomic E-state index is 12.0. The van der Waals surface area contributed by atoms with E-state index in [-0.39, 0.29) is 5.76 Å². The van der Waals surface area contributed by atoms with Gasteiger partial charge in [-0.2, -0.15) is 0 Å². The number of carboxylic acid groups (broad SMARTS) is 1. The number of halogens is 1. The van der Waals surface area contributed by atoms with Gasteiger partial charge in [0.1, 0.15) is 0 Å². The maximum absolute atomic E-state index is 12.0. The highest BCUT2D eigenvalue weighted by atomic mass is 79.9. The van der Waals surface area contributed by atoms with Crippen molar-refractivity contribution in [3.8, 4) is 0 Å². The minimum atomic E-state index is -1.55. The number of hydrogen-bond donors (Lipinski definition) is 2. The van der Waals surface area contributed by atoms with Crippen LogP contribution in [-0.4, -0.2) is 17.0 Å². The van der Waals surface area contributed by atoms with Crippen molar-refractivity contribution in [2.24, 2.45) is 0 Å². The quantitative estimate of drug-likeness (QED) is 0.898. The van der Waals surface area contributed by atoms with Crippen LogP contribution in [0.2, 0.25) is 0 Å². The van der Waals surface area contributed by atoms with Gasteiger partial charge < -0.3 is 14.8 Å². The summed E-state index contributed by atoms with van der Waals surface area (Å²) >= 11 is 3.28. The molecule has 0 spiro atoms. The summed E-state index contributed by atoms with van der Waals surface area (Å²) in [4.78, 5) is 23.6. The van der Waals surface area contributed by atoms with Crippen LogP contribution in [0.4, 0.5) is 0 Å². The van der Waals surface area contributed by atoms with Crippen molar-refractivity contribution in [2.45, 2.75) is 12.5 Å². The van der Waals surface area contributed by atoms with Crippen molar-refractivity contribution < 1.29 is 19.1 Å². The largest absolute Gasteiger partial charge is 0.479 e. The van der Waals surface area contributed by atoms with Crippen molar-refractivity contribution in [3.63, 3.8) is 0 Å². The number of carbonyl (C=O) groups is 2. The zero-order valence-electron chi connectivity index (χ0n) is 10.6. The second kappa shape index (κ2) is 5.50. The monoisotopic (exact) mass is 337 g/mol. The topological polar surface area (TPSA) is 79.5 Å². The van der Waals surface area contributed by atoms with Crippen LogP contribution in [0.25, 0.3) is 0 Å². The van der Waals surface area contributed by atoms with Gasteiger partial charge in [-0.1, -0.05) is 28.1 Å². The summed E-state index contributed by atoms with van der Waals surface area (Å²) in [5.41, 5.74) is -1.09. The van der Waals surface area contributed by atoms with Crippen molar-refractivity contribution in [1.29, 1.82) is 0 Å². The van der Waals surface area contributed by atoms with Crippen LogP contribution in [-0.2, 0) is 10.3 Å². The third kappa shape index (κ3) is 2.75. The number of furan rings is 1. The van der Waals surface area contributed by atoms with Gasteiger partial charge in [-0.15, -0.1) is 0 Å². The molecule has 0 aliphatic carbocycles. The van der Waals surface area contributed by atoms with Gasteiger partial charge in [-0.3, -0.25) is 4.79 Å². The Morgan fingerprint density at radius 2 is 2.05 bits per heavy atom. The molecule has 0 aliphatic rings. The average molecular weight is 338 g/mol. The van der Waals surface area contributed by atoms with E-state index in [0.29, 0.717) is 5.56 Å². The Morgan fingerprint density at radius 1 is 1.30 bits per heavy atom. The minimum Gasteiger partial charge on any atom is -0.479 e. The number of hydrogen-bond acceptors (Lipinski definition) is 3. The van der Waals surface area contributed by atoms with E-state index >= 15 is 0 Å². The van der Waals surface area contributed by atoms with Gasteiger partial charge in [0.05, 0.1) is 6.26 Å². The number of benzene rings is 1. The molecule has 6 heteroatoms. The number of carboxylic acids is 1. The zero-order chi connectivity index (χ0) is 14.8. The summed E-state index contributed by atoms with van der Waals surface area (Å²) in [6.07, 6.45) is 1.35. The first kappa shape index (κ1) is 14.3. The van der Waals surface area contributed by atoms with Crippen molar-refractivity contribution in [2.75, 3.05) is 0 Å². The molecule has 1 atom stereocenters. The van der Waals surface area contributed by atoms with Gasteiger partial charge in [0.25, 0.3) is 5.91 Å². The molecular weight excluding hydrogens is 326 g/mol. The fraction of sp³-hybridized carbons (Fsp3) is 0.143. The number of rotatable bonds is 4. The van der Waals surface area contributed by atoms with Crippen LogP contribution in [0.1, 0.15) is 23.0 Å². The number of amides is 1. The van der Waals surface area contributed by atoms with E-state index in [1.165, 1.54) is 19.3 Å². The first-order valence-corrected chi connectivity index (χ1v) is 6.58. The van der Waals surface area contributed by atoms with Gasteiger partial charge >= 0.3 is 5.97 Å². The molecule has 104 valence electrons. The van der Waals surface area contributed by atoms with E-state index < -0.39 is 17.4 Å². The highest BCUT2D eigenvalue weighted by Crippen LogP contribution is 2.25. The molecule has 0 fully saturated rings. The van der Waals surface area contributed by atoms with Crippen LogP contribution in [0, 0.1) is 0 Å². The number of aliphatic carboxylic acids is 1. The first-order chi connectivity index (χ1) is 9.43. The molecule has 20 heavy (non-hydrogen) atoms. The SMILES string of the molecule is CC(NC(=O)c1ccco1)(C(=O)O)c1cccc(Br)c1. The van der Waals surface area contributed by atoms with E-state index in [2.05, 4.69) is 21.2 Å². The molecule has 0 saturated carbocycles. The van der Waals surface area contributed by atoms with Gasteiger partial charge in [-0.25, -0.2) is 4.79 Å². The lowest BCUT2D eigenvalue weighted by atomic mass is 9.92. The summed E-state index contributed by atoms with van der Waals surface area (Å²) < 4.78 is 5.70. The number of nitrogens with one attached hydrogen (secondary N) is 1. The molecule has 2 N–H and O–H groups in total. The molecule has 1 aromatic heterocycles. The molecule has 1 unspecified atom stereocenters. The van der Waals surface area contributed by atoms with Crippen LogP contribution >= 0.6 is 15.9 Å². The summed E-state index contributed by atoms with van der Waals surface area (Å²) in [5.74, 6) is -1.68. The predicted molar refractivity (Wildman–Crippen MR) is 75.3 cm³/mol. The third-order valence-corrected chi connectivity index (χ3v) is 3.43. The molecule has 1 aromatic carbocycles. The predicted octanol–water partition coefficient (Wildman–Crippen LogP) is 2.77. The molecule has 0 saturated heterocycles. The van der Waals surface area contributed by atoms with E-state index in [1.807, 2.05) is 0 Å². The molecule has 0 radical (unpaired) electrons. The zero-order valence-corrected chi connectivity index (χ0v) is 12.2. The highest BCUT2D eigenvalue weighted by Gasteiger charge is 2.37. The Balaban J connectivity index is 2.35. The summed E-state index contributed by atoms with van der Waals surface area (Å²) in [6, 6.07) is 9.81. The highest BCUT2D eigenvalue weighted by molar-refractivity contribution is 9.10. The Hall–Kier alpha value is -2.08. The summed E-state index contributed by atoms with van der Waals surface area (Å²) in [6.45, 7) is 1.43. The lowest BCUT2D eigenvalue weighted by molar-refractivity contribution is -0.144. The normalized spacial score (nSPS) is 13.5. The van der Waals surface area contributed by atoms with Crippen molar-refractivity contribution in [3.05, 3.63) is 58.5 Å². The van der Waals surface area contributed by atoms with Gasteiger partial charge in [0, 0.05) is 4.47 Å². The standard InChI is InChI=1S/C14H12BrNO4/c1-14(13(18)19,9-4-2-5-10(15)8-9)16-12(17)11-6-3-7-20-11/h2-8H,1H3,(H,16,17)(H,18,19). The molecule has 5 nitrogen and oxygen atoms in total. The summed E-state index contributed by atoms with van der Waals surface area (Å²) in [5, 5.41) is 11.9. The smallest absolute Gasteiger partial charge is 0.333 e. The van der Waals surface area contributed by atoms with Crippen molar-refractivity contribution >= 4 is 27.8 Å². The second-order valence-corrected chi connectivity index (χ2v) is 5.29. The molecule has 2 aromatic rings. The van der Waals surface area contributed by atoms with Crippen LogP contribution < -0.4 is 5.32 Å². The molecular formula is C14H12BrNO4. The van der Waals surface area contributed by atoms with Crippen LogP contribution in [0.5, 0.6) is 0 Å². The Morgan fingerprint density at radius 3 is 2.60 bits per heavy atom. The van der Waals surface area contributed by atoms with E-state index in [9.17, 15) is 14.7 Å². The molecule has 1 heterocycles. The Labute approximate surface area is 123 Å². The summed E-state index contributed by atoms with van der Waals surface area (Å²) in [7, 11) is 0. The third-order valence-electron chi connectivity index (χ3n) is 2.94. The van der Waals surface area contributed by atoms with Gasteiger partial charge in [0.2, 0.25) is 0 Å². The molecule has 1 amide bonds. The fourth-order valence-electron chi connectivity index (χ4n) is 1.75. The van der Waals surface area contributed by atoms with Gasteiger partial charge in [-0.05, 0) is 36.8 Å². The fourth-order valence-corrected chi connectivity index (χ4v) is 2.14. The minimum absolute atomic E-state index is 0.0625. The first-order valence-electron chi connectivity index (χ1n) is 5.79. The van der Waals surface area contributed by atoms with E-state index in [4.69, 9.17) is 4.42 Å². The van der Waals surface area contributed by atoms with Crippen molar-refractivity contribution in [1.82, 2.24) is 5.32 Å². The maximum Gasteiger partial charge on any atom is 0.333 e. The lowest BCUT2D eigenvalue weighted by Gasteiger charge is -2.26. The van der Waals surface area contributed by atoms with E-state index in [1.54, 1.807) is 30.3 Å². The Kier molecular flexibility index (Phi) is 3.94. The lowest BCUT2D eigenvalue weighted by Crippen LogP contribution is -2.49. The van der Waals surface area contributed by atoms with Gasteiger partial charge in [0.15, 0.2) is 11.3 Å². The van der Waals surface area contributed by atoms with Crippen LogP contribution in [0.15, 0.2) is 51.6 Å². The Bertz CT molecular complexity index is 638. The molecule has 2 rings (SSSR count).